The molecular formula is C31H39N3O5S. The van der Waals surface area contributed by atoms with Gasteiger partial charge in [-0.2, -0.15) is 0 Å². The molecule has 3 aromatic carbocycles. The van der Waals surface area contributed by atoms with Crippen molar-refractivity contribution < 1.29 is 22.7 Å². The summed E-state index contributed by atoms with van der Waals surface area (Å²) in [7, 11) is -2.72. The first kappa shape index (κ1) is 30.7. The molecule has 1 N–H and O–H groups in total. The molecule has 0 unspecified atom stereocenters. The largest absolute Gasteiger partial charge is 0.495 e. The number of carbonyl (C=O) groups excluding carboxylic acids is 2. The van der Waals surface area contributed by atoms with E-state index in [1.165, 1.54) is 24.1 Å². The van der Waals surface area contributed by atoms with Gasteiger partial charge in [-0.1, -0.05) is 67.1 Å². The maximum Gasteiger partial charge on any atom is 0.264 e. The number of ether oxygens (including phenoxy) is 1. The molecule has 0 aromatic heterocycles. The van der Waals surface area contributed by atoms with Gasteiger partial charge in [-0.25, -0.2) is 8.42 Å². The molecule has 9 heteroatoms. The van der Waals surface area contributed by atoms with Gasteiger partial charge in [-0.3, -0.25) is 13.9 Å². The zero-order chi connectivity index (χ0) is 29.5. The highest BCUT2D eigenvalue weighted by Gasteiger charge is 2.35. The highest BCUT2D eigenvalue weighted by molar-refractivity contribution is 7.92. The number of aryl methyl sites for hydroxylation is 1. The molecule has 0 spiro atoms. The van der Waals surface area contributed by atoms with Crippen molar-refractivity contribution in [1.82, 2.24) is 10.2 Å². The Morgan fingerprint density at radius 2 is 1.52 bits per heavy atom. The molecule has 3 aromatic rings. The quantitative estimate of drug-likeness (QED) is 0.356. The second-order valence-electron chi connectivity index (χ2n) is 10.7. The number of carbonyl (C=O) groups is 2. The Hall–Kier alpha value is -3.85. The molecule has 0 bridgehead atoms. The van der Waals surface area contributed by atoms with Crippen LogP contribution in [0.25, 0.3) is 0 Å². The summed E-state index contributed by atoms with van der Waals surface area (Å²) in [5.74, 6) is -0.510. The average Bonchev–Trinajstić information content (AvgIpc) is 2.92. The number of anilines is 1. The number of nitrogens with one attached hydrogen (secondary N) is 1. The van der Waals surface area contributed by atoms with Gasteiger partial charge in [0.2, 0.25) is 11.8 Å². The van der Waals surface area contributed by atoms with Gasteiger partial charge in [0.1, 0.15) is 18.3 Å². The lowest BCUT2D eigenvalue weighted by molar-refractivity contribution is -0.141. The van der Waals surface area contributed by atoms with Crippen LogP contribution in [-0.4, -0.2) is 50.4 Å². The average molecular weight is 566 g/mol. The fourth-order valence-corrected chi connectivity index (χ4v) is 5.78. The van der Waals surface area contributed by atoms with Crippen LogP contribution >= 0.6 is 0 Å². The molecule has 3 rings (SSSR count). The zero-order valence-electron chi connectivity index (χ0n) is 24.0. The van der Waals surface area contributed by atoms with Crippen molar-refractivity contribution in [2.75, 3.05) is 18.0 Å². The van der Waals surface area contributed by atoms with Gasteiger partial charge in [0.15, 0.2) is 0 Å². The van der Waals surface area contributed by atoms with Crippen molar-refractivity contribution in [2.45, 2.75) is 64.1 Å². The first-order valence-electron chi connectivity index (χ1n) is 13.2. The number of para-hydroxylation sites is 2. The number of amides is 2. The van der Waals surface area contributed by atoms with Gasteiger partial charge >= 0.3 is 0 Å². The summed E-state index contributed by atoms with van der Waals surface area (Å²) in [5, 5.41) is 2.98. The molecule has 0 heterocycles. The summed E-state index contributed by atoms with van der Waals surface area (Å²) in [6.07, 6.45) is 0.347. The molecule has 0 saturated heterocycles. The number of sulfonamides is 1. The second-order valence-corrected chi connectivity index (χ2v) is 12.5. The predicted molar refractivity (Wildman–Crippen MR) is 158 cm³/mol. The highest BCUT2D eigenvalue weighted by atomic mass is 32.2. The Morgan fingerprint density at radius 1 is 0.925 bits per heavy atom. The van der Waals surface area contributed by atoms with E-state index in [-0.39, 0.29) is 23.0 Å². The molecule has 0 saturated carbocycles. The molecule has 8 nitrogen and oxygen atoms in total. The van der Waals surface area contributed by atoms with E-state index >= 15 is 0 Å². The van der Waals surface area contributed by atoms with Crippen LogP contribution in [0.2, 0.25) is 0 Å². The van der Waals surface area contributed by atoms with E-state index in [4.69, 9.17) is 4.74 Å². The minimum atomic E-state index is -4.17. The number of methoxy groups -OCH3 is 1. The van der Waals surface area contributed by atoms with E-state index < -0.39 is 34.1 Å². The van der Waals surface area contributed by atoms with Crippen molar-refractivity contribution in [3.8, 4) is 5.75 Å². The molecule has 0 aliphatic heterocycles. The minimum absolute atomic E-state index is 0.0382. The van der Waals surface area contributed by atoms with E-state index in [9.17, 15) is 18.0 Å². The SMILES string of the molecule is CC[C@@H](C(=O)NC(C)(C)C)N(Cc1ccc(C)cc1)C(=O)CN(c1ccccc1OC)S(=O)(=O)c1ccccc1. The summed E-state index contributed by atoms with van der Waals surface area (Å²) >= 11 is 0. The lowest BCUT2D eigenvalue weighted by Gasteiger charge is -2.35. The van der Waals surface area contributed by atoms with Crippen LogP contribution in [0.15, 0.2) is 83.8 Å². The normalized spacial score (nSPS) is 12.3. The van der Waals surface area contributed by atoms with Crippen LogP contribution < -0.4 is 14.4 Å². The Kier molecular flexibility index (Phi) is 9.98. The zero-order valence-corrected chi connectivity index (χ0v) is 24.9. The summed E-state index contributed by atoms with van der Waals surface area (Å²) < 4.78 is 34.4. The number of hydrogen-bond donors (Lipinski definition) is 1. The lowest BCUT2D eigenvalue weighted by Crippen LogP contribution is -2.55. The molecule has 0 aliphatic rings. The van der Waals surface area contributed by atoms with Crippen molar-refractivity contribution in [3.05, 3.63) is 90.0 Å². The van der Waals surface area contributed by atoms with Crippen LogP contribution in [0.3, 0.4) is 0 Å². The van der Waals surface area contributed by atoms with Crippen LogP contribution in [-0.2, 0) is 26.2 Å². The van der Waals surface area contributed by atoms with Crippen LogP contribution in [0.5, 0.6) is 5.75 Å². The number of hydrogen-bond acceptors (Lipinski definition) is 5. The summed E-state index contributed by atoms with van der Waals surface area (Å²) in [6.45, 7) is 9.04. The maximum atomic E-state index is 14.1. The van der Waals surface area contributed by atoms with Crippen molar-refractivity contribution >= 4 is 27.5 Å². The minimum Gasteiger partial charge on any atom is -0.495 e. The molecular weight excluding hydrogens is 526 g/mol. The van der Waals surface area contributed by atoms with Crippen LogP contribution in [0.4, 0.5) is 5.69 Å². The maximum absolute atomic E-state index is 14.1. The Balaban J connectivity index is 2.09. The van der Waals surface area contributed by atoms with Gasteiger partial charge < -0.3 is 15.0 Å². The molecule has 0 fully saturated rings. The third kappa shape index (κ3) is 7.63. The van der Waals surface area contributed by atoms with Gasteiger partial charge in [-0.05, 0) is 63.9 Å². The van der Waals surface area contributed by atoms with Crippen molar-refractivity contribution in [3.63, 3.8) is 0 Å². The standard InChI is InChI=1S/C31H39N3O5S/c1-7-26(30(36)32-31(3,4)5)33(21-24-19-17-23(2)18-20-24)29(35)22-34(27-15-11-12-16-28(27)39-6)40(37,38)25-13-9-8-10-14-25/h8-20,26H,7,21-22H2,1-6H3,(H,32,36)/t26-/m0/s1. The number of nitrogens with zero attached hydrogens (tertiary/aromatic N) is 2. The molecule has 2 amide bonds. The smallest absolute Gasteiger partial charge is 0.264 e. The van der Waals surface area contributed by atoms with E-state index in [1.807, 2.05) is 58.9 Å². The van der Waals surface area contributed by atoms with E-state index in [0.29, 0.717) is 12.2 Å². The lowest BCUT2D eigenvalue weighted by atomic mass is 10.1. The van der Waals surface area contributed by atoms with Crippen LogP contribution in [0.1, 0.15) is 45.2 Å². The van der Waals surface area contributed by atoms with Gasteiger partial charge in [0.05, 0.1) is 17.7 Å². The topological polar surface area (TPSA) is 96.0 Å². The fourth-order valence-electron chi connectivity index (χ4n) is 4.33. The summed E-state index contributed by atoms with van der Waals surface area (Å²) in [6, 6.07) is 21.5. The summed E-state index contributed by atoms with van der Waals surface area (Å²) in [4.78, 5) is 29.0. The van der Waals surface area contributed by atoms with Gasteiger partial charge in [-0.15, -0.1) is 0 Å². The first-order valence-corrected chi connectivity index (χ1v) is 14.7. The van der Waals surface area contributed by atoms with E-state index in [1.54, 1.807) is 42.5 Å². The van der Waals surface area contributed by atoms with Crippen LogP contribution in [0, 0.1) is 6.92 Å². The van der Waals surface area contributed by atoms with Crippen molar-refractivity contribution in [1.29, 1.82) is 0 Å². The Bertz CT molecular complexity index is 1400. The molecule has 214 valence electrons. The second kappa shape index (κ2) is 13.0. The fraction of sp³-hybridized carbons (Fsp3) is 0.355. The molecule has 40 heavy (non-hydrogen) atoms. The van der Waals surface area contributed by atoms with Gasteiger partial charge in [0, 0.05) is 12.1 Å². The van der Waals surface area contributed by atoms with E-state index in [0.717, 1.165) is 15.4 Å². The Labute approximate surface area is 238 Å². The van der Waals surface area contributed by atoms with Crippen molar-refractivity contribution in [2.24, 2.45) is 0 Å². The van der Waals surface area contributed by atoms with Gasteiger partial charge in [0.25, 0.3) is 10.0 Å². The third-order valence-corrected chi connectivity index (χ3v) is 8.10. The molecule has 0 aliphatic carbocycles. The first-order chi connectivity index (χ1) is 18.9. The molecule has 1 atom stereocenters. The van der Waals surface area contributed by atoms with E-state index in [2.05, 4.69) is 5.32 Å². The Morgan fingerprint density at radius 3 is 2.10 bits per heavy atom. The third-order valence-electron chi connectivity index (χ3n) is 6.32. The monoisotopic (exact) mass is 565 g/mol. The summed E-state index contributed by atoms with van der Waals surface area (Å²) in [5.41, 5.74) is 1.61. The predicted octanol–water partition coefficient (Wildman–Crippen LogP) is 4.92. The highest BCUT2D eigenvalue weighted by Crippen LogP contribution is 2.32. The molecule has 0 radical (unpaired) electrons. The number of rotatable bonds is 11. The number of benzene rings is 3.